The van der Waals surface area contributed by atoms with Gasteiger partial charge in [-0.3, -0.25) is 9.69 Å². The number of Topliss-reactive ketones (excluding diaryl/α,β-unsaturated/α-hetero) is 1. The maximum Gasteiger partial charge on any atom is 0.231 e. The van der Waals surface area contributed by atoms with Gasteiger partial charge in [-0.15, -0.1) is 0 Å². The van der Waals surface area contributed by atoms with Crippen molar-refractivity contribution < 1.29 is 14.3 Å². The van der Waals surface area contributed by atoms with Crippen molar-refractivity contribution in [1.29, 1.82) is 0 Å². The standard InChI is InChI=1S/C27H23NO3/c1-17-26-21(15-28(16-30-26)22-11-12-22)14-23-25(29)24(31-27(17)23)13-18-7-9-20(10-8-18)19-5-3-2-4-6-19/h2-10,13-14,22H,11-12,15-16H2,1H3/b24-13-. The van der Waals surface area contributed by atoms with Crippen LogP contribution in [0.4, 0.5) is 0 Å². The maximum absolute atomic E-state index is 13.1. The van der Waals surface area contributed by atoms with Crippen molar-refractivity contribution in [2.24, 2.45) is 0 Å². The Kier molecular flexibility index (Phi) is 4.22. The smallest absolute Gasteiger partial charge is 0.231 e. The molecule has 1 fully saturated rings. The van der Waals surface area contributed by atoms with Gasteiger partial charge in [0.25, 0.3) is 0 Å². The molecule has 1 aliphatic carbocycles. The van der Waals surface area contributed by atoms with Gasteiger partial charge in [0.15, 0.2) is 5.76 Å². The maximum atomic E-state index is 13.1. The first kappa shape index (κ1) is 18.4. The molecule has 4 heteroatoms. The highest BCUT2D eigenvalue weighted by Crippen LogP contribution is 2.44. The summed E-state index contributed by atoms with van der Waals surface area (Å²) in [5, 5.41) is 0. The van der Waals surface area contributed by atoms with E-state index in [-0.39, 0.29) is 5.78 Å². The lowest BCUT2D eigenvalue weighted by Gasteiger charge is -2.30. The van der Waals surface area contributed by atoms with Gasteiger partial charge in [0, 0.05) is 23.7 Å². The fraction of sp³-hybridized carbons (Fsp3) is 0.222. The number of carbonyl (C=O) groups is 1. The molecule has 0 aromatic heterocycles. The average molecular weight is 409 g/mol. The number of hydrogen-bond donors (Lipinski definition) is 0. The van der Waals surface area contributed by atoms with Crippen molar-refractivity contribution in [3.8, 4) is 22.6 Å². The molecular formula is C27H23NO3. The van der Waals surface area contributed by atoms with Gasteiger partial charge in [0.05, 0.1) is 5.56 Å². The van der Waals surface area contributed by atoms with Crippen LogP contribution in [0.15, 0.2) is 66.4 Å². The minimum Gasteiger partial charge on any atom is -0.477 e. The molecule has 2 heterocycles. The van der Waals surface area contributed by atoms with Crippen molar-refractivity contribution in [2.75, 3.05) is 6.73 Å². The summed E-state index contributed by atoms with van der Waals surface area (Å²) in [6.45, 7) is 3.43. The minimum atomic E-state index is -0.0587. The Bertz CT molecular complexity index is 1210. The van der Waals surface area contributed by atoms with Crippen molar-refractivity contribution in [3.63, 3.8) is 0 Å². The number of rotatable bonds is 3. The quantitative estimate of drug-likeness (QED) is 0.529. The Labute approximate surface area is 181 Å². The summed E-state index contributed by atoms with van der Waals surface area (Å²) in [4.78, 5) is 15.5. The van der Waals surface area contributed by atoms with Gasteiger partial charge >= 0.3 is 0 Å². The molecule has 4 nitrogen and oxygen atoms in total. The summed E-state index contributed by atoms with van der Waals surface area (Å²) in [5.74, 6) is 1.82. The van der Waals surface area contributed by atoms with Crippen LogP contribution in [-0.4, -0.2) is 23.5 Å². The number of ketones is 1. The summed E-state index contributed by atoms with van der Waals surface area (Å²) in [6.07, 6.45) is 4.30. The summed E-state index contributed by atoms with van der Waals surface area (Å²) in [5.41, 5.74) is 5.90. The Morgan fingerprint density at radius 2 is 1.71 bits per heavy atom. The Balaban J connectivity index is 1.29. The van der Waals surface area contributed by atoms with E-state index in [9.17, 15) is 4.79 Å². The summed E-state index contributed by atoms with van der Waals surface area (Å²) < 4.78 is 12.1. The van der Waals surface area contributed by atoms with Crippen molar-refractivity contribution in [3.05, 3.63) is 88.7 Å². The number of allylic oxidation sites excluding steroid dienone is 1. The SMILES string of the molecule is Cc1c2c(cc3c1O/C(=C\c1ccc(-c4ccccc4)cc1)C3=O)CN(C1CC1)CO2. The molecule has 154 valence electrons. The number of fused-ring (bicyclic) bond motifs is 2. The van der Waals surface area contributed by atoms with Crippen molar-refractivity contribution >= 4 is 11.9 Å². The zero-order valence-corrected chi connectivity index (χ0v) is 17.4. The zero-order chi connectivity index (χ0) is 20.9. The molecule has 3 aromatic rings. The van der Waals surface area contributed by atoms with E-state index in [0.29, 0.717) is 29.8 Å². The van der Waals surface area contributed by atoms with Gasteiger partial charge < -0.3 is 9.47 Å². The van der Waals surface area contributed by atoms with Gasteiger partial charge in [-0.2, -0.15) is 0 Å². The first-order valence-electron chi connectivity index (χ1n) is 10.8. The Morgan fingerprint density at radius 3 is 2.45 bits per heavy atom. The van der Waals surface area contributed by atoms with Crippen LogP contribution in [-0.2, 0) is 6.54 Å². The summed E-state index contributed by atoms with van der Waals surface area (Å²) in [7, 11) is 0. The van der Waals surface area contributed by atoms with Crippen molar-refractivity contribution in [2.45, 2.75) is 32.4 Å². The van der Waals surface area contributed by atoms with Gasteiger partial charge in [0.1, 0.15) is 18.2 Å². The molecule has 2 aliphatic heterocycles. The van der Waals surface area contributed by atoms with Crippen LogP contribution < -0.4 is 9.47 Å². The molecule has 3 aromatic carbocycles. The third-order valence-electron chi connectivity index (χ3n) is 6.34. The topological polar surface area (TPSA) is 38.8 Å². The average Bonchev–Trinajstić information content (AvgIpc) is 3.61. The first-order chi connectivity index (χ1) is 15.2. The largest absolute Gasteiger partial charge is 0.477 e. The molecule has 3 aliphatic rings. The molecule has 0 amide bonds. The third-order valence-corrected chi connectivity index (χ3v) is 6.34. The summed E-state index contributed by atoms with van der Waals surface area (Å²) in [6, 6.07) is 21.0. The molecular weight excluding hydrogens is 386 g/mol. The van der Waals surface area contributed by atoms with Gasteiger partial charge in [-0.25, -0.2) is 0 Å². The molecule has 31 heavy (non-hydrogen) atoms. The molecule has 0 spiro atoms. The molecule has 0 unspecified atom stereocenters. The predicted octanol–water partition coefficient (Wildman–Crippen LogP) is 5.59. The minimum absolute atomic E-state index is 0.0587. The highest BCUT2D eigenvalue weighted by Gasteiger charge is 2.36. The van der Waals surface area contributed by atoms with Crippen LogP contribution in [0.1, 0.15) is 39.9 Å². The molecule has 0 N–H and O–H groups in total. The molecule has 1 saturated carbocycles. The number of nitrogens with zero attached hydrogens (tertiary/aromatic N) is 1. The lowest BCUT2D eigenvalue weighted by atomic mass is 9.99. The second kappa shape index (κ2) is 7.10. The molecule has 0 saturated heterocycles. The lowest BCUT2D eigenvalue weighted by molar-refractivity contribution is 0.0872. The van der Waals surface area contributed by atoms with E-state index in [1.807, 2.05) is 49.4 Å². The van der Waals surface area contributed by atoms with Crippen LogP contribution in [0.25, 0.3) is 17.2 Å². The zero-order valence-electron chi connectivity index (χ0n) is 17.4. The molecule has 6 rings (SSSR count). The van der Waals surface area contributed by atoms with E-state index in [4.69, 9.17) is 9.47 Å². The number of ether oxygens (including phenoxy) is 2. The van der Waals surface area contributed by atoms with E-state index in [2.05, 4.69) is 29.2 Å². The van der Waals surface area contributed by atoms with Gasteiger partial charge in [-0.05, 0) is 48.6 Å². The highest BCUT2D eigenvalue weighted by molar-refractivity contribution is 6.15. The van der Waals surface area contributed by atoms with E-state index in [0.717, 1.165) is 34.5 Å². The first-order valence-corrected chi connectivity index (χ1v) is 10.8. The molecule has 0 bridgehead atoms. The van der Waals surface area contributed by atoms with Crippen LogP contribution in [0.2, 0.25) is 0 Å². The second-order valence-electron chi connectivity index (χ2n) is 8.55. The van der Waals surface area contributed by atoms with E-state index >= 15 is 0 Å². The van der Waals surface area contributed by atoms with E-state index < -0.39 is 0 Å². The van der Waals surface area contributed by atoms with Crippen LogP contribution in [0.3, 0.4) is 0 Å². The van der Waals surface area contributed by atoms with Gasteiger partial charge in [-0.1, -0.05) is 54.6 Å². The number of hydrogen-bond acceptors (Lipinski definition) is 4. The fourth-order valence-corrected chi connectivity index (χ4v) is 4.49. The molecule has 0 radical (unpaired) electrons. The van der Waals surface area contributed by atoms with Crippen LogP contribution in [0, 0.1) is 6.92 Å². The Hall–Kier alpha value is -3.37. The van der Waals surface area contributed by atoms with Crippen LogP contribution in [0.5, 0.6) is 11.5 Å². The summed E-state index contributed by atoms with van der Waals surface area (Å²) >= 11 is 0. The van der Waals surface area contributed by atoms with Crippen molar-refractivity contribution in [1.82, 2.24) is 4.90 Å². The second-order valence-corrected chi connectivity index (χ2v) is 8.55. The highest BCUT2D eigenvalue weighted by atomic mass is 16.5. The van der Waals surface area contributed by atoms with E-state index in [1.54, 1.807) is 0 Å². The Morgan fingerprint density at radius 1 is 0.968 bits per heavy atom. The van der Waals surface area contributed by atoms with E-state index in [1.165, 1.54) is 18.4 Å². The monoisotopic (exact) mass is 409 g/mol. The fourth-order valence-electron chi connectivity index (χ4n) is 4.49. The normalized spacial score (nSPS) is 19.0. The third kappa shape index (κ3) is 3.24. The van der Waals surface area contributed by atoms with Crippen LogP contribution >= 0.6 is 0 Å². The number of carbonyl (C=O) groups excluding carboxylic acids is 1. The number of benzene rings is 3. The molecule has 0 atom stereocenters. The predicted molar refractivity (Wildman–Crippen MR) is 120 cm³/mol. The van der Waals surface area contributed by atoms with Gasteiger partial charge in [0.2, 0.25) is 5.78 Å². The lowest BCUT2D eigenvalue weighted by Crippen LogP contribution is -2.34.